The molecule has 0 bridgehead atoms. The third-order valence-corrected chi connectivity index (χ3v) is 9.16. The lowest BCUT2D eigenvalue weighted by molar-refractivity contribution is 0.590. The van der Waals surface area contributed by atoms with Gasteiger partial charge < -0.3 is 0 Å². The highest BCUT2D eigenvalue weighted by Gasteiger charge is 2.09. The molecule has 0 nitrogen and oxygen atoms in total. The summed E-state index contributed by atoms with van der Waals surface area (Å²) in [5, 5.41) is 13.1. The molecule has 0 atom stereocenters. The van der Waals surface area contributed by atoms with Gasteiger partial charge in [0.1, 0.15) is 0 Å². The van der Waals surface area contributed by atoms with Crippen LogP contribution in [0, 0.1) is 0 Å². The largest absolute Gasteiger partial charge is 0.144 e. The SMILES string of the molecule is CCCCCCCCCc1cc2cc3c(ccc4c5cc6ccsc6cc5ccc34)cc2s1. The number of fused-ring (bicyclic) bond motifs is 7. The first-order chi connectivity index (χ1) is 16.3. The molecule has 0 aliphatic heterocycles. The standard InChI is InChI=1S/C31H30S2/c1-2-3-4-5-6-7-8-9-25-16-24-18-29-22(20-31(24)33-25)11-13-26-27(29)12-10-21-19-30-23(14-15-32-30)17-28(21)26/h10-20H,2-9H2,1H3. The summed E-state index contributed by atoms with van der Waals surface area (Å²) in [6.45, 7) is 2.29. The van der Waals surface area contributed by atoms with Crippen LogP contribution in [0.3, 0.4) is 0 Å². The van der Waals surface area contributed by atoms with E-state index in [1.807, 2.05) is 22.7 Å². The van der Waals surface area contributed by atoms with E-state index in [1.165, 1.54) is 104 Å². The first-order valence-corrected chi connectivity index (χ1v) is 14.2. The summed E-state index contributed by atoms with van der Waals surface area (Å²) in [4.78, 5) is 1.54. The summed E-state index contributed by atoms with van der Waals surface area (Å²) >= 11 is 3.82. The topological polar surface area (TPSA) is 0 Å². The van der Waals surface area contributed by atoms with E-state index in [1.54, 1.807) is 4.88 Å². The van der Waals surface area contributed by atoms with Crippen molar-refractivity contribution in [2.24, 2.45) is 0 Å². The van der Waals surface area contributed by atoms with Crippen LogP contribution in [-0.2, 0) is 6.42 Å². The molecule has 0 amide bonds. The van der Waals surface area contributed by atoms with Gasteiger partial charge in [0.05, 0.1) is 0 Å². The van der Waals surface area contributed by atoms with Gasteiger partial charge in [-0.2, -0.15) is 0 Å². The Morgan fingerprint density at radius 1 is 0.545 bits per heavy atom. The molecule has 0 N–H and O–H groups in total. The molecule has 166 valence electrons. The Morgan fingerprint density at radius 2 is 1.21 bits per heavy atom. The molecule has 0 unspecified atom stereocenters. The number of thiophene rings is 2. The van der Waals surface area contributed by atoms with Crippen molar-refractivity contribution in [1.29, 1.82) is 0 Å². The lowest BCUT2D eigenvalue weighted by Crippen LogP contribution is -1.83. The molecule has 0 spiro atoms. The Bertz CT molecular complexity index is 1580. The van der Waals surface area contributed by atoms with Crippen molar-refractivity contribution < 1.29 is 0 Å². The fourth-order valence-corrected chi connectivity index (χ4v) is 7.26. The Kier molecular flexibility index (Phi) is 5.82. The van der Waals surface area contributed by atoms with Crippen LogP contribution in [0.4, 0.5) is 0 Å². The van der Waals surface area contributed by atoms with E-state index in [2.05, 4.69) is 73.0 Å². The van der Waals surface area contributed by atoms with Crippen LogP contribution in [0.5, 0.6) is 0 Å². The van der Waals surface area contributed by atoms with Gasteiger partial charge >= 0.3 is 0 Å². The minimum Gasteiger partial charge on any atom is -0.144 e. The molecule has 0 radical (unpaired) electrons. The number of rotatable bonds is 8. The van der Waals surface area contributed by atoms with Crippen molar-refractivity contribution in [3.05, 3.63) is 70.9 Å². The molecular weight excluding hydrogens is 436 g/mol. The molecule has 6 aromatic rings. The second-order valence-corrected chi connectivity index (χ2v) is 11.6. The van der Waals surface area contributed by atoms with Crippen molar-refractivity contribution in [3.63, 3.8) is 0 Å². The van der Waals surface area contributed by atoms with Gasteiger partial charge in [0.15, 0.2) is 0 Å². The number of hydrogen-bond acceptors (Lipinski definition) is 2. The lowest BCUT2D eigenvalue weighted by atomic mass is 9.96. The zero-order valence-corrected chi connectivity index (χ0v) is 21.0. The van der Waals surface area contributed by atoms with E-state index in [4.69, 9.17) is 0 Å². The van der Waals surface area contributed by atoms with Crippen molar-refractivity contribution >= 4 is 75.2 Å². The van der Waals surface area contributed by atoms with Gasteiger partial charge in [-0.25, -0.2) is 0 Å². The third-order valence-electron chi connectivity index (χ3n) is 7.12. The molecule has 6 rings (SSSR count). The van der Waals surface area contributed by atoms with E-state index in [-0.39, 0.29) is 0 Å². The first kappa shape index (κ1) is 21.1. The van der Waals surface area contributed by atoms with E-state index < -0.39 is 0 Å². The molecule has 33 heavy (non-hydrogen) atoms. The Balaban J connectivity index is 1.33. The predicted molar refractivity (Wildman–Crippen MR) is 151 cm³/mol. The number of hydrogen-bond donors (Lipinski definition) is 0. The Hall–Kier alpha value is -2.42. The molecule has 0 saturated carbocycles. The average molecular weight is 467 g/mol. The monoisotopic (exact) mass is 466 g/mol. The normalized spacial score (nSPS) is 12.2. The number of aryl methyl sites for hydroxylation is 1. The summed E-state index contributed by atoms with van der Waals surface area (Å²) in [6.07, 6.45) is 10.9. The van der Waals surface area contributed by atoms with Crippen LogP contribution >= 0.6 is 22.7 Å². The van der Waals surface area contributed by atoms with Crippen LogP contribution in [0.25, 0.3) is 52.5 Å². The van der Waals surface area contributed by atoms with Gasteiger partial charge in [0, 0.05) is 14.3 Å². The summed E-state index contributed by atoms with van der Waals surface area (Å²) in [5.41, 5.74) is 0. The molecular formula is C31H30S2. The number of unbranched alkanes of at least 4 members (excludes halogenated alkanes) is 6. The Labute approximate surface area is 203 Å². The van der Waals surface area contributed by atoms with Gasteiger partial charge in [-0.05, 0) is 97.7 Å². The third kappa shape index (κ3) is 4.05. The van der Waals surface area contributed by atoms with Gasteiger partial charge in [0.25, 0.3) is 0 Å². The van der Waals surface area contributed by atoms with Crippen LogP contribution in [0.15, 0.2) is 66.0 Å². The van der Waals surface area contributed by atoms with Crippen LogP contribution in [0.1, 0.15) is 56.7 Å². The lowest BCUT2D eigenvalue weighted by Gasteiger charge is -2.08. The highest BCUT2D eigenvalue weighted by atomic mass is 32.1. The smallest absolute Gasteiger partial charge is 0.0352 e. The fraction of sp³-hybridized carbons (Fsp3) is 0.290. The van der Waals surface area contributed by atoms with E-state index in [0.29, 0.717) is 0 Å². The van der Waals surface area contributed by atoms with Crippen LogP contribution in [-0.4, -0.2) is 0 Å². The maximum Gasteiger partial charge on any atom is 0.0352 e. The van der Waals surface area contributed by atoms with E-state index >= 15 is 0 Å². The Morgan fingerprint density at radius 3 is 1.97 bits per heavy atom. The second-order valence-electron chi connectivity index (χ2n) is 9.45. The quantitative estimate of drug-likeness (QED) is 0.154. The van der Waals surface area contributed by atoms with Crippen molar-refractivity contribution in [3.8, 4) is 0 Å². The molecule has 2 heterocycles. The van der Waals surface area contributed by atoms with Crippen LogP contribution < -0.4 is 0 Å². The van der Waals surface area contributed by atoms with Gasteiger partial charge in [-0.15, -0.1) is 22.7 Å². The maximum absolute atomic E-state index is 2.45. The molecule has 0 aliphatic carbocycles. The minimum atomic E-state index is 1.23. The molecule has 4 aromatic carbocycles. The highest BCUT2D eigenvalue weighted by molar-refractivity contribution is 7.19. The van der Waals surface area contributed by atoms with Crippen molar-refractivity contribution in [1.82, 2.24) is 0 Å². The molecule has 0 fully saturated rings. The summed E-state index contributed by atoms with van der Waals surface area (Å²) in [5.74, 6) is 0. The van der Waals surface area contributed by atoms with Crippen molar-refractivity contribution in [2.75, 3.05) is 0 Å². The second kappa shape index (κ2) is 9.08. The summed E-state index contributed by atoms with van der Waals surface area (Å²) in [7, 11) is 0. The predicted octanol–water partition coefficient (Wildman–Crippen LogP) is 10.9. The molecule has 2 aromatic heterocycles. The summed E-state index contributed by atoms with van der Waals surface area (Å²) in [6, 6.07) is 23.5. The van der Waals surface area contributed by atoms with E-state index in [0.717, 1.165) is 0 Å². The molecule has 2 heteroatoms. The van der Waals surface area contributed by atoms with Gasteiger partial charge in [0.2, 0.25) is 0 Å². The first-order valence-electron chi connectivity index (χ1n) is 12.5. The zero-order valence-electron chi connectivity index (χ0n) is 19.3. The van der Waals surface area contributed by atoms with E-state index in [9.17, 15) is 0 Å². The minimum absolute atomic E-state index is 1.23. The maximum atomic E-state index is 2.45. The van der Waals surface area contributed by atoms with Gasteiger partial charge in [-0.1, -0.05) is 69.7 Å². The fourth-order valence-electron chi connectivity index (χ4n) is 5.30. The summed E-state index contributed by atoms with van der Waals surface area (Å²) < 4.78 is 2.80. The number of benzene rings is 4. The highest BCUT2D eigenvalue weighted by Crippen LogP contribution is 2.37. The van der Waals surface area contributed by atoms with Crippen molar-refractivity contribution in [2.45, 2.75) is 58.3 Å². The van der Waals surface area contributed by atoms with Crippen LogP contribution in [0.2, 0.25) is 0 Å². The zero-order chi connectivity index (χ0) is 22.2. The van der Waals surface area contributed by atoms with Gasteiger partial charge in [-0.3, -0.25) is 0 Å². The average Bonchev–Trinajstić information content (AvgIpc) is 3.46. The molecule has 0 aliphatic rings. The molecule has 0 saturated heterocycles.